The van der Waals surface area contributed by atoms with Crippen molar-refractivity contribution >= 4 is 29.2 Å². The average Bonchev–Trinajstić information content (AvgIpc) is 2.93. The van der Waals surface area contributed by atoms with E-state index in [1.54, 1.807) is 0 Å². The summed E-state index contributed by atoms with van der Waals surface area (Å²) in [4.78, 5) is 18.4. The van der Waals surface area contributed by atoms with Crippen molar-refractivity contribution in [3.05, 3.63) is 58.1 Å². The second-order valence-corrected chi connectivity index (χ2v) is 6.80. The van der Waals surface area contributed by atoms with Crippen molar-refractivity contribution in [2.45, 2.75) is 32.9 Å². The van der Waals surface area contributed by atoms with Gasteiger partial charge in [-0.1, -0.05) is 12.1 Å². The van der Waals surface area contributed by atoms with Gasteiger partial charge >= 0.3 is 0 Å². The number of carbonyl (C=O) groups excluding carboxylic acids is 1. The van der Waals surface area contributed by atoms with Gasteiger partial charge < -0.3 is 20.0 Å². The van der Waals surface area contributed by atoms with Crippen LogP contribution in [0.25, 0.3) is 11.0 Å². The number of imidazole rings is 1. The largest absolute Gasteiger partial charge is 0.491 e. The molecule has 0 saturated heterocycles. The van der Waals surface area contributed by atoms with E-state index in [1.807, 2.05) is 45.0 Å². The molecule has 1 heterocycles. The zero-order valence-electron chi connectivity index (χ0n) is 14.7. The minimum Gasteiger partial charge on any atom is -0.491 e. The number of halogens is 1. The maximum Gasteiger partial charge on any atom is 0.254 e. The molecule has 26 heavy (non-hydrogen) atoms. The number of H-pyrrole nitrogens is 2. The van der Waals surface area contributed by atoms with Gasteiger partial charge in [-0.15, -0.1) is 0 Å². The van der Waals surface area contributed by atoms with Gasteiger partial charge in [-0.25, -0.2) is 4.39 Å². The van der Waals surface area contributed by atoms with Crippen molar-refractivity contribution in [1.82, 2.24) is 15.3 Å². The van der Waals surface area contributed by atoms with Crippen LogP contribution in [0, 0.1) is 10.6 Å². The normalized spacial score (nSPS) is 12.3. The molecule has 0 spiro atoms. The molecular formula is C19H20FN3O2S. The van der Waals surface area contributed by atoms with E-state index in [0.717, 1.165) is 11.3 Å². The molecule has 1 amide bonds. The molecule has 3 N–H and O–H groups in total. The highest BCUT2D eigenvalue weighted by molar-refractivity contribution is 7.71. The van der Waals surface area contributed by atoms with Gasteiger partial charge in [-0.3, -0.25) is 4.79 Å². The highest BCUT2D eigenvalue weighted by Gasteiger charge is 2.17. The van der Waals surface area contributed by atoms with Gasteiger partial charge in [0.1, 0.15) is 11.6 Å². The number of aromatic nitrogens is 2. The fourth-order valence-corrected chi connectivity index (χ4v) is 2.99. The summed E-state index contributed by atoms with van der Waals surface area (Å²) >= 11 is 5.04. The minimum atomic E-state index is -0.507. The summed E-state index contributed by atoms with van der Waals surface area (Å²) in [5.74, 6) is -0.156. The third kappa shape index (κ3) is 3.94. The molecule has 0 radical (unpaired) electrons. The Morgan fingerprint density at radius 1 is 1.19 bits per heavy atom. The Hall–Kier alpha value is -2.67. The molecule has 136 valence electrons. The Kier molecular flexibility index (Phi) is 5.08. The Labute approximate surface area is 155 Å². The lowest BCUT2D eigenvalue weighted by atomic mass is 10.1. The van der Waals surface area contributed by atoms with Crippen LogP contribution in [0.5, 0.6) is 5.75 Å². The number of ether oxygens (including phenoxy) is 1. The third-order valence-corrected chi connectivity index (χ3v) is 4.12. The van der Waals surface area contributed by atoms with E-state index in [0.29, 0.717) is 15.8 Å². The summed E-state index contributed by atoms with van der Waals surface area (Å²) in [6.45, 7) is 5.77. The summed E-state index contributed by atoms with van der Waals surface area (Å²) in [5, 5.41) is 2.89. The number of rotatable bonds is 5. The van der Waals surface area contributed by atoms with E-state index in [4.69, 9.17) is 17.0 Å². The molecule has 0 fully saturated rings. The monoisotopic (exact) mass is 373 g/mol. The molecule has 7 heteroatoms. The smallest absolute Gasteiger partial charge is 0.254 e. The first kappa shape index (κ1) is 18.1. The number of amides is 1. The number of aromatic amines is 2. The highest BCUT2D eigenvalue weighted by Crippen LogP contribution is 2.22. The minimum absolute atomic E-state index is 0.0624. The molecule has 1 aromatic heterocycles. The summed E-state index contributed by atoms with van der Waals surface area (Å²) < 4.78 is 19.9. The zero-order chi connectivity index (χ0) is 18.8. The van der Waals surface area contributed by atoms with Crippen molar-refractivity contribution in [3.63, 3.8) is 0 Å². The molecular weight excluding hydrogens is 353 g/mol. The molecule has 1 atom stereocenters. The lowest BCUT2D eigenvalue weighted by Gasteiger charge is -2.17. The fourth-order valence-electron chi connectivity index (χ4n) is 2.77. The van der Waals surface area contributed by atoms with Crippen molar-refractivity contribution in [1.29, 1.82) is 0 Å². The number of benzene rings is 2. The molecule has 5 nitrogen and oxygen atoms in total. The van der Waals surface area contributed by atoms with E-state index >= 15 is 0 Å². The quantitative estimate of drug-likeness (QED) is 0.571. The Balaban J connectivity index is 1.85. The van der Waals surface area contributed by atoms with Crippen LogP contribution in [-0.2, 0) is 0 Å². The van der Waals surface area contributed by atoms with Gasteiger partial charge in [0.05, 0.1) is 28.7 Å². The molecule has 3 aromatic rings. The van der Waals surface area contributed by atoms with Crippen LogP contribution in [0.3, 0.4) is 0 Å². The molecule has 3 rings (SSSR count). The molecule has 0 bridgehead atoms. The Morgan fingerprint density at radius 2 is 1.96 bits per heavy atom. The van der Waals surface area contributed by atoms with Gasteiger partial charge in [-0.05, 0) is 62.8 Å². The number of fused-ring (bicyclic) bond motifs is 1. The second-order valence-electron chi connectivity index (χ2n) is 6.39. The lowest BCUT2D eigenvalue weighted by molar-refractivity contribution is 0.0941. The first-order chi connectivity index (χ1) is 12.3. The van der Waals surface area contributed by atoms with Crippen LogP contribution < -0.4 is 10.1 Å². The van der Waals surface area contributed by atoms with Crippen LogP contribution in [0.1, 0.15) is 42.7 Å². The van der Waals surface area contributed by atoms with Crippen LogP contribution in [-0.4, -0.2) is 22.0 Å². The number of carbonyl (C=O) groups is 1. The molecule has 0 aliphatic heterocycles. The van der Waals surface area contributed by atoms with E-state index in [2.05, 4.69) is 15.3 Å². The Bertz CT molecular complexity index is 1010. The molecule has 1 unspecified atom stereocenters. The fraction of sp³-hybridized carbons (Fsp3) is 0.263. The maximum absolute atomic E-state index is 13.8. The summed E-state index contributed by atoms with van der Waals surface area (Å²) in [6, 6.07) is 9.75. The standard InChI is InChI=1S/C19H20FN3O2S/c1-10(2)25-14-6-4-5-12(7-14)11(3)21-18(24)15-8-13(20)9-16-17(15)23-19(26)22-16/h4-11H,1-3H3,(H,21,24)(H2,22,23,26). The maximum atomic E-state index is 13.8. The van der Waals surface area contributed by atoms with Gasteiger partial charge in [0.2, 0.25) is 0 Å². The molecule has 0 aliphatic rings. The number of hydrogen-bond acceptors (Lipinski definition) is 3. The number of nitrogens with one attached hydrogen (secondary N) is 3. The van der Waals surface area contributed by atoms with E-state index in [1.165, 1.54) is 12.1 Å². The molecule has 0 aliphatic carbocycles. The first-order valence-corrected chi connectivity index (χ1v) is 8.73. The first-order valence-electron chi connectivity index (χ1n) is 8.32. The second kappa shape index (κ2) is 7.29. The number of hydrogen-bond donors (Lipinski definition) is 3. The predicted octanol–water partition coefficient (Wildman–Crippen LogP) is 4.64. The van der Waals surface area contributed by atoms with Crippen molar-refractivity contribution in [2.75, 3.05) is 0 Å². The third-order valence-electron chi connectivity index (χ3n) is 3.91. The van der Waals surface area contributed by atoms with E-state index in [-0.39, 0.29) is 23.6 Å². The van der Waals surface area contributed by atoms with Gasteiger partial charge in [0, 0.05) is 0 Å². The molecule has 2 aromatic carbocycles. The van der Waals surface area contributed by atoms with Crippen LogP contribution in [0.2, 0.25) is 0 Å². The van der Waals surface area contributed by atoms with Gasteiger partial charge in [-0.2, -0.15) is 0 Å². The molecule has 0 saturated carbocycles. The van der Waals surface area contributed by atoms with Gasteiger partial charge in [0.15, 0.2) is 4.77 Å². The van der Waals surface area contributed by atoms with E-state index < -0.39 is 5.82 Å². The lowest BCUT2D eigenvalue weighted by Crippen LogP contribution is -2.27. The van der Waals surface area contributed by atoms with Crippen molar-refractivity contribution < 1.29 is 13.9 Å². The van der Waals surface area contributed by atoms with Crippen LogP contribution in [0.15, 0.2) is 36.4 Å². The summed E-state index contributed by atoms with van der Waals surface area (Å²) in [5.41, 5.74) is 2.04. The zero-order valence-corrected chi connectivity index (χ0v) is 15.5. The topological polar surface area (TPSA) is 69.9 Å². The van der Waals surface area contributed by atoms with Gasteiger partial charge in [0.25, 0.3) is 5.91 Å². The Morgan fingerprint density at radius 3 is 2.69 bits per heavy atom. The summed E-state index contributed by atoms with van der Waals surface area (Å²) in [6.07, 6.45) is 0.0624. The highest BCUT2D eigenvalue weighted by atomic mass is 32.1. The average molecular weight is 373 g/mol. The SMILES string of the molecule is CC(C)Oc1cccc(C(C)NC(=O)c2cc(F)cc3[nH]c(=S)[nH]c23)c1. The van der Waals surface area contributed by atoms with Crippen molar-refractivity contribution in [3.8, 4) is 5.75 Å². The van der Waals surface area contributed by atoms with Crippen molar-refractivity contribution in [2.24, 2.45) is 0 Å². The van der Waals surface area contributed by atoms with Crippen LogP contribution >= 0.6 is 12.2 Å². The summed E-state index contributed by atoms with van der Waals surface area (Å²) in [7, 11) is 0. The van der Waals surface area contributed by atoms with E-state index in [9.17, 15) is 9.18 Å². The van der Waals surface area contributed by atoms with Crippen LogP contribution in [0.4, 0.5) is 4.39 Å². The predicted molar refractivity (Wildman–Crippen MR) is 102 cm³/mol.